The highest BCUT2D eigenvalue weighted by Gasteiger charge is 2.28. The fraction of sp³-hybridized carbons (Fsp3) is 0.600. The van der Waals surface area contributed by atoms with Gasteiger partial charge in [-0.3, -0.25) is 14.7 Å². The van der Waals surface area contributed by atoms with Gasteiger partial charge in [-0.2, -0.15) is 0 Å². The number of ether oxygens (including phenoxy) is 1. The summed E-state index contributed by atoms with van der Waals surface area (Å²) in [6.45, 7) is 9.40. The van der Waals surface area contributed by atoms with Crippen LogP contribution in [0.1, 0.15) is 19.4 Å². The first-order chi connectivity index (χ1) is 13.0. The summed E-state index contributed by atoms with van der Waals surface area (Å²) in [5.41, 5.74) is 1.20. The van der Waals surface area contributed by atoms with Gasteiger partial charge in [-0.25, -0.2) is 0 Å². The van der Waals surface area contributed by atoms with E-state index in [-0.39, 0.29) is 42.0 Å². The van der Waals surface area contributed by atoms with Gasteiger partial charge in [-0.05, 0) is 25.8 Å². The van der Waals surface area contributed by atoms with Crippen LogP contribution in [0.15, 0.2) is 35.3 Å². The van der Waals surface area contributed by atoms with E-state index in [1.165, 1.54) is 5.56 Å². The van der Waals surface area contributed by atoms with Gasteiger partial charge in [0.1, 0.15) is 0 Å². The number of nitrogens with zero attached hydrogens (tertiary/aromatic N) is 2. The molecule has 0 radical (unpaired) electrons. The second kappa shape index (κ2) is 12.9. The predicted octanol–water partition coefficient (Wildman–Crippen LogP) is 1.24. The van der Waals surface area contributed by atoms with Gasteiger partial charge in [-0.15, -0.1) is 24.0 Å². The van der Waals surface area contributed by atoms with E-state index in [2.05, 4.69) is 51.8 Å². The van der Waals surface area contributed by atoms with E-state index in [4.69, 9.17) is 4.74 Å². The molecule has 1 aromatic carbocycles. The molecule has 1 fully saturated rings. The summed E-state index contributed by atoms with van der Waals surface area (Å²) < 4.78 is 5.42. The van der Waals surface area contributed by atoms with E-state index in [0.29, 0.717) is 12.5 Å². The third-order valence-corrected chi connectivity index (χ3v) is 4.77. The summed E-state index contributed by atoms with van der Waals surface area (Å²) in [7, 11) is 1.71. The van der Waals surface area contributed by atoms with Crippen LogP contribution in [0.5, 0.6) is 0 Å². The zero-order valence-electron chi connectivity index (χ0n) is 17.2. The Morgan fingerprint density at radius 2 is 1.82 bits per heavy atom. The lowest BCUT2D eigenvalue weighted by Crippen LogP contribution is -2.56. The molecule has 2 rings (SSSR count). The number of morpholine rings is 1. The maximum atomic E-state index is 12.0. The second-order valence-electron chi connectivity index (χ2n) is 7.28. The molecule has 0 unspecified atom stereocenters. The number of carbonyl (C=O) groups excluding carboxylic acids is 1. The SMILES string of the molecule is CN=C(NCC(=O)NCCc1ccccc1)NCC(C)(C)N1CCOCC1.I. The van der Waals surface area contributed by atoms with Crippen molar-refractivity contribution in [1.29, 1.82) is 0 Å². The monoisotopic (exact) mass is 503 g/mol. The molecule has 1 aliphatic rings. The molecule has 1 amide bonds. The Kier molecular flexibility index (Phi) is 11.4. The molecule has 158 valence electrons. The molecule has 3 N–H and O–H groups in total. The third-order valence-electron chi connectivity index (χ3n) is 4.77. The summed E-state index contributed by atoms with van der Waals surface area (Å²) in [6.07, 6.45) is 0.827. The average molecular weight is 503 g/mol. The molecular formula is C20H34IN5O2. The summed E-state index contributed by atoms with van der Waals surface area (Å²) in [5, 5.41) is 9.33. The molecule has 1 heterocycles. The summed E-state index contributed by atoms with van der Waals surface area (Å²) in [4.78, 5) is 18.6. The summed E-state index contributed by atoms with van der Waals surface area (Å²) >= 11 is 0. The van der Waals surface area contributed by atoms with Gasteiger partial charge in [0.15, 0.2) is 5.96 Å². The number of guanidine groups is 1. The molecule has 0 bridgehead atoms. The van der Waals surface area contributed by atoms with E-state index < -0.39 is 0 Å². The fourth-order valence-corrected chi connectivity index (χ4v) is 3.02. The van der Waals surface area contributed by atoms with Gasteiger partial charge in [0, 0.05) is 38.8 Å². The molecule has 0 atom stereocenters. The highest BCUT2D eigenvalue weighted by Crippen LogP contribution is 2.14. The Morgan fingerprint density at radius 3 is 2.46 bits per heavy atom. The van der Waals surface area contributed by atoms with E-state index in [1.54, 1.807) is 7.05 Å². The number of hydrogen-bond donors (Lipinski definition) is 3. The zero-order valence-corrected chi connectivity index (χ0v) is 19.5. The standard InChI is InChI=1S/C20H33N5O2.HI/c1-20(2,25-11-13-27-14-12-25)16-24-19(21-3)23-15-18(26)22-10-9-17-7-5-4-6-8-17;/h4-8H,9-16H2,1-3H3,(H,22,26)(H2,21,23,24);1H. The minimum Gasteiger partial charge on any atom is -0.379 e. The average Bonchev–Trinajstić information content (AvgIpc) is 2.69. The maximum absolute atomic E-state index is 12.0. The number of halogens is 1. The largest absolute Gasteiger partial charge is 0.379 e. The van der Waals surface area contributed by atoms with Gasteiger partial charge < -0.3 is 20.7 Å². The Morgan fingerprint density at radius 1 is 1.14 bits per heavy atom. The molecule has 0 saturated carbocycles. The van der Waals surface area contributed by atoms with Crippen LogP contribution in [0.4, 0.5) is 0 Å². The highest BCUT2D eigenvalue weighted by molar-refractivity contribution is 14.0. The topological polar surface area (TPSA) is 78.0 Å². The van der Waals surface area contributed by atoms with E-state index in [0.717, 1.165) is 39.3 Å². The minimum absolute atomic E-state index is 0. The van der Waals surface area contributed by atoms with E-state index in [9.17, 15) is 4.79 Å². The van der Waals surface area contributed by atoms with Crippen molar-refractivity contribution >= 4 is 35.8 Å². The van der Waals surface area contributed by atoms with Crippen molar-refractivity contribution in [1.82, 2.24) is 20.9 Å². The van der Waals surface area contributed by atoms with Crippen LogP contribution in [0.25, 0.3) is 0 Å². The van der Waals surface area contributed by atoms with Gasteiger partial charge >= 0.3 is 0 Å². The van der Waals surface area contributed by atoms with E-state index in [1.807, 2.05) is 18.2 Å². The van der Waals surface area contributed by atoms with Crippen LogP contribution in [-0.4, -0.2) is 75.3 Å². The quantitative estimate of drug-likeness (QED) is 0.283. The van der Waals surface area contributed by atoms with Crippen molar-refractivity contribution in [2.45, 2.75) is 25.8 Å². The van der Waals surface area contributed by atoms with Crippen molar-refractivity contribution in [2.75, 3.05) is 53.0 Å². The van der Waals surface area contributed by atoms with Crippen molar-refractivity contribution in [3.8, 4) is 0 Å². The lowest BCUT2D eigenvalue weighted by Gasteiger charge is -2.41. The van der Waals surface area contributed by atoms with Crippen LogP contribution in [0, 0.1) is 0 Å². The van der Waals surface area contributed by atoms with Gasteiger partial charge in [0.2, 0.25) is 5.91 Å². The Balaban J connectivity index is 0.00000392. The molecule has 0 aromatic heterocycles. The molecule has 1 aliphatic heterocycles. The van der Waals surface area contributed by atoms with Crippen molar-refractivity contribution in [3.05, 3.63) is 35.9 Å². The maximum Gasteiger partial charge on any atom is 0.239 e. The lowest BCUT2D eigenvalue weighted by molar-refractivity contribution is -0.119. The molecule has 1 aromatic rings. The second-order valence-corrected chi connectivity index (χ2v) is 7.28. The van der Waals surface area contributed by atoms with Crippen molar-refractivity contribution < 1.29 is 9.53 Å². The number of rotatable bonds is 8. The molecule has 8 heteroatoms. The van der Waals surface area contributed by atoms with Crippen LogP contribution < -0.4 is 16.0 Å². The number of carbonyl (C=O) groups is 1. The number of nitrogens with one attached hydrogen (secondary N) is 3. The Bertz CT molecular complexity index is 604. The summed E-state index contributed by atoms with van der Waals surface area (Å²) in [5.74, 6) is 0.593. The molecule has 28 heavy (non-hydrogen) atoms. The van der Waals surface area contributed by atoms with Crippen molar-refractivity contribution in [2.24, 2.45) is 4.99 Å². The first kappa shape index (κ1) is 24.6. The molecule has 1 saturated heterocycles. The summed E-state index contributed by atoms with van der Waals surface area (Å²) in [6, 6.07) is 10.1. The first-order valence-electron chi connectivity index (χ1n) is 9.59. The predicted molar refractivity (Wildman–Crippen MR) is 124 cm³/mol. The van der Waals surface area contributed by atoms with Crippen molar-refractivity contribution in [3.63, 3.8) is 0 Å². The number of benzene rings is 1. The minimum atomic E-state index is -0.0404. The number of hydrogen-bond acceptors (Lipinski definition) is 4. The van der Waals surface area contributed by atoms with Crippen LogP contribution >= 0.6 is 24.0 Å². The zero-order chi connectivity index (χ0) is 19.5. The van der Waals surface area contributed by atoms with Gasteiger partial charge in [-0.1, -0.05) is 30.3 Å². The Hall–Kier alpha value is -1.39. The van der Waals surface area contributed by atoms with Crippen LogP contribution in [-0.2, 0) is 16.0 Å². The molecule has 0 aliphatic carbocycles. The molecular weight excluding hydrogens is 469 g/mol. The fourth-order valence-electron chi connectivity index (χ4n) is 3.02. The number of aliphatic imine (C=N–C) groups is 1. The molecule has 7 nitrogen and oxygen atoms in total. The molecule has 0 spiro atoms. The first-order valence-corrected chi connectivity index (χ1v) is 9.59. The normalized spacial score (nSPS) is 15.5. The Labute approximate surface area is 185 Å². The van der Waals surface area contributed by atoms with Crippen LogP contribution in [0.3, 0.4) is 0 Å². The smallest absolute Gasteiger partial charge is 0.239 e. The van der Waals surface area contributed by atoms with Gasteiger partial charge in [0.05, 0.1) is 19.8 Å². The van der Waals surface area contributed by atoms with E-state index >= 15 is 0 Å². The highest BCUT2D eigenvalue weighted by atomic mass is 127. The third kappa shape index (κ3) is 8.74. The number of amides is 1. The lowest BCUT2D eigenvalue weighted by atomic mass is 10.0. The van der Waals surface area contributed by atoms with Gasteiger partial charge in [0.25, 0.3) is 0 Å². The van der Waals surface area contributed by atoms with Crippen LogP contribution in [0.2, 0.25) is 0 Å².